The minimum Gasteiger partial charge on any atom is -0.480 e. The highest BCUT2D eigenvalue weighted by atomic mass is 16.5. The SMILES string of the molecule is CNC(=O)c1ccc2c(Oc3ccc(C(=O)N[C@@H](CCC(C)(C)C)C(=O)O)cn3)cccc2c1. The van der Waals surface area contributed by atoms with Crippen LogP contribution >= 0.6 is 0 Å². The molecule has 2 amide bonds. The number of rotatable bonds is 8. The van der Waals surface area contributed by atoms with Gasteiger partial charge in [-0.05, 0) is 54.0 Å². The lowest BCUT2D eigenvalue weighted by Crippen LogP contribution is -2.41. The van der Waals surface area contributed by atoms with Crippen molar-refractivity contribution in [3.63, 3.8) is 0 Å². The zero-order chi connectivity index (χ0) is 24.9. The van der Waals surface area contributed by atoms with E-state index in [1.54, 1.807) is 37.4 Å². The van der Waals surface area contributed by atoms with Gasteiger partial charge in [0, 0.05) is 30.3 Å². The number of carboxylic acids is 1. The summed E-state index contributed by atoms with van der Waals surface area (Å²) in [4.78, 5) is 40.2. The molecule has 34 heavy (non-hydrogen) atoms. The quantitative estimate of drug-likeness (QED) is 0.456. The first-order valence-electron chi connectivity index (χ1n) is 11.0. The number of amides is 2. The van der Waals surface area contributed by atoms with Crippen LogP contribution in [0.15, 0.2) is 54.7 Å². The van der Waals surface area contributed by atoms with Crippen molar-refractivity contribution < 1.29 is 24.2 Å². The van der Waals surface area contributed by atoms with E-state index in [2.05, 4.69) is 15.6 Å². The maximum Gasteiger partial charge on any atom is 0.326 e. The van der Waals surface area contributed by atoms with Gasteiger partial charge in [0.2, 0.25) is 5.88 Å². The van der Waals surface area contributed by atoms with Crippen LogP contribution in [0.5, 0.6) is 11.6 Å². The van der Waals surface area contributed by atoms with E-state index in [9.17, 15) is 19.5 Å². The third kappa shape index (κ3) is 6.31. The molecule has 2 aromatic carbocycles. The highest BCUT2D eigenvalue weighted by Crippen LogP contribution is 2.30. The highest BCUT2D eigenvalue weighted by Gasteiger charge is 2.23. The third-order valence-corrected chi connectivity index (χ3v) is 5.33. The van der Waals surface area contributed by atoms with Crippen LogP contribution in [0.3, 0.4) is 0 Å². The van der Waals surface area contributed by atoms with E-state index in [1.807, 2.05) is 32.9 Å². The third-order valence-electron chi connectivity index (χ3n) is 5.33. The predicted octanol–water partition coefficient (Wildman–Crippen LogP) is 4.40. The molecular formula is C26H29N3O5. The fraction of sp³-hybridized carbons (Fsp3) is 0.308. The Hall–Kier alpha value is -3.94. The van der Waals surface area contributed by atoms with Crippen molar-refractivity contribution in [3.8, 4) is 11.6 Å². The number of hydrogen-bond acceptors (Lipinski definition) is 5. The average Bonchev–Trinajstić information content (AvgIpc) is 2.80. The number of hydrogen-bond donors (Lipinski definition) is 3. The summed E-state index contributed by atoms with van der Waals surface area (Å²) < 4.78 is 5.91. The second-order valence-corrected chi connectivity index (χ2v) is 9.22. The fourth-order valence-corrected chi connectivity index (χ4v) is 3.39. The molecule has 0 saturated heterocycles. The smallest absolute Gasteiger partial charge is 0.326 e. The standard InChI is InChI=1S/C26H29N3O5/c1-26(2,3)13-12-20(25(32)33)29-24(31)18-9-11-22(28-15-18)34-21-7-5-6-16-14-17(23(30)27-4)8-10-19(16)21/h5-11,14-15,20H,12-13H2,1-4H3,(H,27,30)(H,29,31)(H,32,33)/t20-/m0/s1. The number of carbonyl (C=O) groups excluding carboxylic acids is 2. The van der Waals surface area contributed by atoms with Crippen LogP contribution in [0.1, 0.15) is 54.3 Å². The summed E-state index contributed by atoms with van der Waals surface area (Å²) in [6.07, 6.45) is 2.34. The van der Waals surface area contributed by atoms with Gasteiger partial charge in [-0.3, -0.25) is 9.59 Å². The molecule has 3 rings (SSSR count). The first-order valence-corrected chi connectivity index (χ1v) is 11.0. The summed E-state index contributed by atoms with van der Waals surface area (Å²) in [6, 6.07) is 12.9. The van der Waals surface area contributed by atoms with Gasteiger partial charge in [0.15, 0.2) is 0 Å². The molecule has 178 valence electrons. The molecule has 0 unspecified atom stereocenters. The van der Waals surface area contributed by atoms with Crippen molar-refractivity contribution >= 4 is 28.6 Å². The number of carbonyl (C=O) groups is 3. The van der Waals surface area contributed by atoms with E-state index in [4.69, 9.17) is 4.74 Å². The first kappa shape index (κ1) is 24.7. The Bertz CT molecular complexity index is 1200. The van der Waals surface area contributed by atoms with Crippen LogP contribution in [0.25, 0.3) is 10.8 Å². The summed E-state index contributed by atoms with van der Waals surface area (Å²) in [7, 11) is 1.58. The van der Waals surface area contributed by atoms with E-state index in [0.717, 1.165) is 10.8 Å². The number of nitrogens with one attached hydrogen (secondary N) is 2. The molecule has 0 saturated carbocycles. The largest absolute Gasteiger partial charge is 0.480 e. The second kappa shape index (κ2) is 10.3. The number of carboxylic acid groups (broad SMARTS) is 1. The molecule has 0 spiro atoms. The fourth-order valence-electron chi connectivity index (χ4n) is 3.39. The van der Waals surface area contributed by atoms with Gasteiger partial charge < -0.3 is 20.5 Å². The Morgan fingerprint density at radius 3 is 2.38 bits per heavy atom. The molecule has 1 heterocycles. The molecule has 3 N–H and O–H groups in total. The zero-order valence-corrected chi connectivity index (χ0v) is 19.7. The van der Waals surface area contributed by atoms with Crippen molar-refractivity contribution in [2.75, 3.05) is 7.05 Å². The number of pyridine rings is 1. The maximum atomic E-state index is 12.6. The molecule has 3 aromatic rings. The molecule has 1 atom stereocenters. The average molecular weight is 464 g/mol. The van der Waals surface area contributed by atoms with Gasteiger partial charge in [-0.2, -0.15) is 0 Å². The van der Waals surface area contributed by atoms with Crippen molar-refractivity contribution in [3.05, 3.63) is 65.9 Å². The number of benzene rings is 2. The van der Waals surface area contributed by atoms with Crippen LogP contribution in [0, 0.1) is 5.41 Å². The van der Waals surface area contributed by atoms with Crippen LogP contribution in [-0.4, -0.2) is 41.0 Å². The van der Waals surface area contributed by atoms with Crippen LogP contribution < -0.4 is 15.4 Å². The van der Waals surface area contributed by atoms with Gasteiger partial charge in [-0.25, -0.2) is 9.78 Å². The molecule has 1 aromatic heterocycles. The Balaban J connectivity index is 1.72. The van der Waals surface area contributed by atoms with Crippen molar-refractivity contribution in [1.82, 2.24) is 15.6 Å². The minimum absolute atomic E-state index is 0.0371. The first-order chi connectivity index (χ1) is 16.1. The van der Waals surface area contributed by atoms with Gasteiger partial charge in [-0.1, -0.05) is 32.9 Å². The van der Waals surface area contributed by atoms with Crippen LogP contribution in [0.4, 0.5) is 0 Å². The molecular weight excluding hydrogens is 434 g/mol. The monoisotopic (exact) mass is 463 g/mol. The van der Waals surface area contributed by atoms with Crippen molar-refractivity contribution in [1.29, 1.82) is 0 Å². The molecule has 0 radical (unpaired) electrons. The number of fused-ring (bicyclic) bond motifs is 1. The summed E-state index contributed by atoms with van der Waals surface area (Å²) in [6.45, 7) is 6.06. The van der Waals surface area contributed by atoms with Crippen molar-refractivity contribution in [2.45, 2.75) is 39.7 Å². The molecule has 0 aliphatic carbocycles. The van der Waals surface area contributed by atoms with Gasteiger partial charge in [0.1, 0.15) is 11.8 Å². The molecule has 8 heteroatoms. The minimum atomic E-state index is -1.07. The normalized spacial score (nSPS) is 12.1. The summed E-state index contributed by atoms with van der Waals surface area (Å²) in [5.41, 5.74) is 0.746. The van der Waals surface area contributed by atoms with Gasteiger partial charge in [-0.15, -0.1) is 0 Å². The summed E-state index contributed by atoms with van der Waals surface area (Å²) in [5.74, 6) is -0.915. The summed E-state index contributed by atoms with van der Waals surface area (Å²) >= 11 is 0. The van der Waals surface area contributed by atoms with Crippen LogP contribution in [0.2, 0.25) is 0 Å². The lowest BCUT2D eigenvalue weighted by molar-refractivity contribution is -0.139. The Labute approximate surface area is 198 Å². The Kier molecular flexibility index (Phi) is 7.50. The van der Waals surface area contributed by atoms with E-state index >= 15 is 0 Å². The van der Waals surface area contributed by atoms with Crippen molar-refractivity contribution in [2.24, 2.45) is 5.41 Å². The van der Waals surface area contributed by atoms with Crippen LogP contribution in [-0.2, 0) is 4.79 Å². The molecule has 0 bridgehead atoms. The summed E-state index contributed by atoms with van der Waals surface area (Å²) in [5, 5.41) is 16.3. The number of ether oxygens (including phenoxy) is 1. The highest BCUT2D eigenvalue weighted by molar-refractivity contribution is 6.00. The second-order valence-electron chi connectivity index (χ2n) is 9.22. The number of aliphatic carboxylic acids is 1. The van der Waals surface area contributed by atoms with Gasteiger partial charge >= 0.3 is 5.97 Å². The van der Waals surface area contributed by atoms with Gasteiger partial charge in [0.05, 0.1) is 5.56 Å². The lowest BCUT2D eigenvalue weighted by atomic mass is 9.88. The van der Waals surface area contributed by atoms with E-state index in [-0.39, 0.29) is 22.8 Å². The topological polar surface area (TPSA) is 118 Å². The lowest BCUT2D eigenvalue weighted by Gasteiger charge is -2.21. The zero-order valence-electron chi connectivity index (χ0n) is 19.7. The van der Waals surface area contributed by atoms with E-state index < -0.39 is 17.9 Å². The molecule has 8 nitrogen and oxygen atoms in total. The molecule has 0 fully saturated rings. The van der Waals surface area contributed by atoms with E-state index in [1.165, 1.54) is 12.3 Å². The van der Waals surface area contributed by atoms with E-state index in [0.29, 0.717) is 24.2 Å². The van der Waals surface area contributed by atoms with Gasteiger partial charge in [0.25, 0.3) is 11.8 Å². The molecule has 0 aliphatic heterocycles. The number of nitrogens with zero attached hydrogens (tertiary/aromatic N) is 1. The molecule has 0 aliphatic rings. The number of aromatic nitrogens is 1. The Morgan fingerprint density at radius 2 is 1.76 bits per heavy atom. The Morgan fingerprint density at radius 1 is 1.03 bits per heavy atom. The predicted molar refractivity (Wildman–Crippen MR) is 129 cm³/mol. The maximum absolute atomic E-state index is 12.6.